The summed E-state index contributed by atoms with van der Waals surface area (Å²) in [7, 11) is 0. The Hall–Kier alpha value is -0.860. The monoisotopic (exact) mass is 286 g/mol. The van der Waals surface area contributed by atoms with E-state index >= 15 is 0 Å². The first-order valence-corrected chi connectivity index (χ1v) is 8.52. The van der Waals surface area contributed by atoms with E-state index in [2.05, 4.69) is 49.9 Å². The lowest BCUT2D eigenvalue weighted by atomic mass is 9.86. The SMILES string of the molecule is CC(C)(C)c1ccc(C(N)CN2CC3CCCC3C2)cc1. The Morgan fingerprint density at radius 3 is 2.19 bits per heavy atom. The van der Waals surface area contributed by atoms with Crippen molar-refractivity contribution >= 4 is 0 Å². The van der Waals surface area contributed by atoms with Gasteiger partial charge in [-0.1, -0.05) is 51.5 Å². The average molecular weight is 286 g/mol. The lowest BCUT2D eigenvalue weighted by molar-refractivity contribution is 0.292. The Morgan fingerprint density at radius 2 is 1.67 bits per heavy atom. The number of rotatable bonds is 3. The van der Waals surface area contributed by atoms with Crippen LogP contribution >= 0.6 is 0 Å². The fourth-order valence-electron chi connectivity index (χ4n) is 4.10. The van der Waals surface area contributed by atoms with Gasteiger partial charge in [-0.05, 0) is 41.2 Å². The number of nitrogens with zero attached hydrogens (tertiary/aromatic N) is 1. The summed E-state index contributed by atoms with van der Waals surface area (Å²) in [6.07, 6.45) is 4.33. The molecular weight excluding hydrogens is 256 g/mol. The summed E-state index contributed by atoms with van der Waals surface area (Å²) in [5.41, 5.74) is 9.32. The highest BCUT2D eigenvalue weighted by Crippen LogP contribution is 2.38. The minimum absolute atomic E-state index is 0.151. The summed E-state index contributed by atoms with van der Waals surface area (Å²) in [5.74, 6) is 1.92. The van der Waals surface area contributed by atoms with Crippen LogP contribution in [0.2, 0.25) is 0 Å². The third-order valence-electron chi connectivity index (χ3n) is 5.46. The Kier molecular flexibility index (Phi) is 4.11. The minimum Gasteiger partial charge on any atom is -0.323 e. The van der Waals surface area contributed by atoms with Crippen LogP contribution < -0.4 is 5.73 Å². The van der Waals surface area contributed by atoms with Crippen molar-refractivity contribution in [1.82, 2.24) is 4.90 Å². The van der Waals surface area contributed by atoms with Crippen molar-refractivity contribution in [2.45, 2.75) is 51.5 Å². The van der Waals surface area contributed by atoms with Crippen molar-refractivity contribution < 1.29 is 0 Å². The van der Waals surface area contributed by atoms with Gasteiger partial charge in [-0.2, -0.15) is 0 Å². The molecule has 2 fully saturated rings. The summed E-state index contributed by atoms with van der Waals surface area (Å²) in [6, 6.07) is 9.09. The number of likely N-dealkylation sites (tertiary alicyclic amines) is 1. The van der Waals surface area contributed by atoms with Gasteiger partial charge in [0.25, 0.3) is 0 Å². The van der Waals surface area contributed by atoms with E-state index in [0.29, 0.717) is 0 Å². The van der Waals surface area contributed by atoms with Crippen LogP contribution in [0.25, 0.3) is 0 Å². The Labute approximate surface area is 129 Å². The molecule has 116 valence electrons. The Bertz CT molecular complexity index is 459. The van der Waals surface area contributed by atoms with Crippen LogP contribution in [0.3, 0.4) is 0 Å². The molecule has 0 aromatic heterocycles. The normalized spacial score (nSPS) is 27.8. The Balaban J connectivity index is 1.59. The lowest BCUT2D eigenvalue weighted by Crippen LogP contribution is -2.31. The summed E-state index contributed by atoms with van der Waals surface area (Å²) >= 11 is 0. The van der Waals surface area contributed by atoms with E-state index in [4.69, 9.17) is 5.73 Å². The van der Waals surface area contributed by atoms with Gasteiger partial charge in [0.05, 0.1) is 0 Å². The van der Waals surface area contributed by atoms with E-state index in [1.807, 2.05) is 0 Å². The van der Waals surface area contributed by atoms with Crippen LogP contribution in [0.4, 0.5) is 0 Å². The first kappa shape index (κ1) is 15.1. The first-order valence-electron chi connectivity index (χ1n) is 8.52. The zero-order valence-corrected chi connectivity index (χ0v) is 13.8. The van der Waals surface area contributed by atoms with Crippen LogP contribution in [-0.4, -0.2) is 24.5 Å². The molecule has 3 atom stereocenters. The van der Waals surface area contributed by atoms with E-state index < -0.39 is 0 Å². The van der Waals surface area contributed by atoms with Gasteiger partial charge in [0.2, 0.25) is 0 Å². The van der Waals surface area contributed by atoms with Crippen molar-refractivity contribution in [2.75, 3.05) is 19.6 Å². The van der Waals surface area contributed by atoms with Gasteiger partial charge in [-0.3, -0.25) is 0 Å². The fraction of sp³-hybridized carbons (Fsp3) is 0.684. The minimum atomic E-state index is 0.151. The molecule has 1 aliphatic heterocycles. The molecule has 3 unspecified atom stereocenters. The molecule has 3 rings (SSSR count). The molecule has 1 aromatic carbocycles. The zero-order chi connectivity index (χ0) is 15.0. The topological polar surface area (TPSA) is 29.3 Å². The molecule has 21 heavy (non-hydrogen) atoms. The number of benzene rings is 1. The molecule has 2 N–H and O–H groups in total. The van der Waals surface area contributed by atoms with Crippen molar-refractivity contribution in [1.29, 1.82) is 0 Å². The number of hydrogen-bond acceptors (Lipinski definition) is 2. The van der Waals surface area contributed by atoms with Gasteiger partial charge < -0.3 is 10.6 Å². The maximum absolute atomic E-state index is 6.44. The van der Waals surface area contributed by atoms with Gasteiger partial charge in [0.15, 0.2) is 0 Å². The molecule has 2 nitrogen and oxygen atoms in total. The van der Waals surface area contributed by atoms with Gasteiger partial charge >= 0.3 is 0 Å². The van der Waals surface area contributed by atoms with Crippen molar-refractivity contribution in [3.63, 3.8) is 0 Å². The largest absolute Gasteiger partial charge is 0.323 e. The second-order valence-electron chi connectivity index (χ2n) is 8.15. The summed E-state index contributed by atoms with van der Waals surface area (Å²) in [4.78, 5) is 2.59. The quantitative estimate of drug-likeness (QED) is 0.917. The van der Waals surface area contributed by atoms with E-state index in [-0.39, 0.29) is 11.5 Å². The predicted molar refractivity (Wildman–Crippen MR) is 89.3 cm³/mol. The lowest BCUT2D eigenvalue weighted by Gasteiger charge is -2.23. The molecule has 1 aromatic rings. The molecule has 0 radical (unpaired) electrons. The molecule has 1 aliphatic carbocycles. The van der Waals surface area contributed by atoms with Crippen molar-refractivity contribution in [3.8, 4) is 0 Å². The van der Waals surface area contributed by atoms with Gasteiger partial charge in [-0.15, -0.1) is 0 Å². The van der Waals surface area contributed by atoms with Gasteiger partial charge in [0, 0.05) is 25.7 Å². The zero-order valence-electron chi connectivity index (χ0n) is 13.8. The maximum Gasteiger partial charge on any atom is 0.0424 e. The highest BCUT2D eigenvalue weighted by Gasteiger charge is 2.36. The van der Waals surface area contributed by atoms with Gasteiger partial charge in [-0.25, -0.2) is 0 Å². The van der Waals surface area contributed by atoms with Crippen molar-refractivity contribution in [2.24, 2.45) is 17.6 Å². The highest BCUT2D eigenvalue weighted by molar-refractivity contribution is 5.29. The molecule has 2 heteroatoms. The van der Waals surface area contributed by atoms with E-state index in [1.165, 1.54) is 43.5 Å². The number of nitrogens with two attached hydrogens (primary N) is 1. The van der Waals surface area contributed by atoms with Crippen LogP contribution in [0, 0.1) is 11.8 Å². The Morgan fingerprint density at radius 1 is 1.10 bits per heavy atom. The van der Waals surface area contributed by atoms with Gasteiger partial charge in [0.1, 0.15) is 0 Å². The third-order valence-corrected chi connectivity index (χ3v) is 5.46. The second-order valence-corrected chi connectivity index (χ2v) is 8.15. The van der Waals surface area contributed by atoms with Crippen LogP contribution in [-0.2, 0) is 5.41 Å². The van der Waals surface area contributed by atoms with E-state index in [1.54, 1.807) is 0 Å². The summed E-state index contributed by atoms with van der Waals surface area (Å²) in [5, 5.41) is 0. The molecule has 1 heterocycles. The molecular formula is C19H30N2. The summed E-state index contributed by atoms with van der Waals surface area (Å²) in [6.45, 7) is 10.3. The first-order chi connectivity index (χ1) is 9.93. The number of fused-ring (bicyclic) bond motifs is 1. The molecule has 2 aliphatic rings. The average Bonchev–Trinajstić information content (AvgIpc) is 2.98. The molecule has 0 amide bonds. The van der Waals surface area contributed by atoms with Crippen LogP contribution in [0.1, 0.15) is 57.2 Å². The second kappa shape index (κ2) is 5.73. The predicted octanol–water partition coefficient (Wildman–Crippen LogP) is 3.72. The summed E-state index contributed by atoms with van der Waals surface area (Å²) < 4.78 is 0. The maximum atomic E-state index is 6.44. The molecule has 1 saturated heterocycles. The smallest absolute Gasteiger partial charge is 0.0424 e. The number of hydrogen-bond donors (Lipinski definition) is 1. The molecule has 0 spiro atoms. The standard InChI is InChI=1S/C19H30N2/c1-19(2,3)17-9-7-14(8-10-17)18(20)13-21-11-15-5-4-6-16(15)12-21/h7-10,15-16,18H,4-6,11-13,20H2,1-3H3. The van der Waals surface area contributed by atoms with Crippen LogP contribution in [0.5, 0.6) is 0 Å². The van der Waals surface area contributed by atoms with Crippen LogP contribution in [0.15, 0.2) is 24.3 Å². The molecule has 1 saturated carbocycles. The van der Waals surface area contributed by atoms with Crippen molar-refractivity contribution in [3.05, 3.63) is 35.4 Å². The highest BCUT2D eigenvalue weighted by atomic mass is 15.2. The third kappa shape index (κ3) is 3.32. The van der Waals surface area contributed by atoms with E-state index in [0.717, 1.165) is 18.4 Å². The molecule has 0 bridgehead atoms. The van der Waals surface area contributed by atoms with E-state index in [9.17, 15) is 0 Å². The fourth-order valence-corrected chi connectivity index (χ4v) is 4.10.